The van der Waals surface area contributed by atoms with E-state index in [0.717, 1.165) is 35.2 Å². The van der Waals surface area contributed by atoms with Crippen molar-refractivity contribution < 1.29 is 13.2 Å². The summed E-state index contributed by atoms with van der Waals surface area (Å²) in [4.78, 5) is 19.4. The monoisotopic (exact) mass is 504 g/mol. The van der Waals surface area contributed by atoms with Gasteiger partial charge in [-0.2, -0.15) is 0 Å². The van der Waals surface area contributed by atoms with Crippen molar-refractivity contribution in [1.82, 2.24) is 14.6 Å². The number of rotatable bonds is 10. The van der Waals surface area contributed by atoms with Crippen molar-refractivity contribution in [2.24, 2.45) is 0 Å². The number of pyridine rings is 1. The standard InChI is InChI=1S/C28H32N4O3S/c1-4-18-32(6-3)28(33)24-8-7-17-29-27(24)30-22-13-11-21-12-16-26(25(21)19-22)31-36(34,35)23-14-9-20(5-2)10-15-23/h4,7-11,13-15,17,19,26,31H,1,5-6,12,16,18H2,2-3H3,(H,29,30). The Labute approximate surface area is 213 Å². The van der Waals surface area contributed by atoms with Crippen molar-refractivity contribution >= 4 is 27.4 Å². The molecular weight excluding hydrogens is 472 g/mol. The average Bonchev–Trinajstić information content (AvgIpc) is 3.28. The van der Waals surface area contributed by atoms with Crippen molar-refractivity contribution in [2.45, 2.75) is 44.0 Å². The molecule has 8 heteroatoms. The minimum Gasteiger partial charge on any atom is -0.340 e. The first-order valence-corrected chi connectivity index (χ1v) is 13.7. The number of aryl methyl sites for hydroxylation is 2. The zero-order valence-corrected chi connectivity index (χ0v) is 21.5. The van der Waals surface area contributed by atoms with Crippen LogP contribution in [0.4, 0.5) is 11.5 Å². The van der Waals surface area contributed by atoms with Gasteiger partial charge in [0.15, 0.2) is 0 Å². The van der Waals surface area contributed by atoms with Crippen LogP contribution in [-0.2, 0) is 22.9 Å². The highest BCUT2D eigenvalue weighted by Gasteiger charge is 2.28. The molecule has 1 aliphatic rings. The fraction of sp³-hybridized carbons (Fsp3) is 0.286. The number of carbonyl (C=O) groups is 1. The van der Waals surface area contributed by atoms with Gasteiger partial charge in [-0.15, -0.1) is 6.58 Å². The van der Waals surface area contributed by atoms with Crippen molar-refractivity contribution in [3.8, 4) is 0 Å². The minimum absolute atomic E-state index is 0.131. The van der Waals surface area contributed by atoms with Crippen LogP contribution in [0.3, 0.4) is 0 Å². The van der Waals surface area contributed by atoms with Crippen LogP contribution in [0, 0.1) is 0 Å². The van der Waals surface area contributed by atoms with Crippen LogP contribution >= 0.6 is 0 Å². The Morgan fingerprint density at radius 2 is 1.94 bits per heavy atom. The lowest BCUT2D eigenvalue weighted by Crippen LogP contribution is -2.31. The Morgan fingerprint density at radius 3 is 2.64 bits per heavy atom. The van der Waals surface area contributed by atoms with E-state index < -0.39 is 10.0 Å². The lowest BCUT2D eigenvalue weighted by Gasteiger charge is -2.21. The molecule has 7 nitrogen and oxygen atoms in total. The Balaban J connectivity index is 1.56. The second-order valence-corrected chi connectivity index (χ2v) is 10.5. The Bertz CT molecular complexity index is 1350. The molecule has 0 bridgehead atoms. The van der Waals surface area contributed by atoms with Crippen LogP contribution < -0.4 is 10.0 Å². The van der Waals surface area contributed by atoms with Crippen molar-refractivity contribution in [3.05, 3.63) is 95.7 Å². The van der Waals surface area contributed by atoms with Gasteiger partial charge in [-0.1, -0.05) is 31.2 Å². The number of nitrogens with zero attached hydrogens (tertiary/aromatic N) is 2. The number of hydrogen-bond donors (Lipinski definition) is 2. The molecule has 1 aromatic heterocycles. The second-order valence-electron chi connectivity index (χ2n) is 8.78. The van der Waals surface area contributed by atoms with Crippen LogP contribution in [0.2, 0.25) is 0 Å². The zero-order chi connectivity index (χ0) is 25.7. The third kappa shape index (κ3) is 5.50. The number of carbonyl (C=O) groups excluding carboxylic acids is 1. The summed E-state index contributed by atoms with van der Waals surface area (Å²) in [6.07, 6.45) is 5.67. The summed E-state index contributed by atoms with van der Waals surface area (Å²) in [5, 5.41) is 3.27. The van der Waals surface area contributed by atoms with Crippen LogP contribution in [0.5, 0.6) is 0 Å². The highest BCUT2D eigenvalue weighted by molar-refractivity contribution is 7.89. The van der Waals surface area contributed by atoms with Gasteiger partial charge in [0.2, 0.25) is 10.0 Å². The summed E-state index contributed by atoms with van der Waals surface area (Å²) >= 11 is 0. The zero-order valence-electron chi connectivity index (χ0n) is 20.7. The third-order valence-corrected chi connectivity index (χ3v) is 7.97. The molecule has 2 N–H and O–H groups in total. The molecule has 188 valence electrons. The van der Waals surface area contributed by atoms with Gasteiger partial charge >= 0.3 is 0 Å². The summed E-state index contributed by atoms with van der Waals surface area (Å²) in [6, 6.07) is 16.0. The Hall–Kier alpha value is -3.49. The van der Waals surface area contributed by atoms with Gasteiger partial charge < -0.3 is 10.2 Å². The number of fused-ring (bicyclic) bond motifs is 1. The smallest absolute Gasteiger partial charge is 0.257 e. The molecule has 0 saturated heterocycles. The van der Waals surface area contributed by atoms with E-state index in [9.17, 15) is 13.2 Å². The van der Waals surface area contributed by atoms with E-state index in [2.05, 4.69) is 21.6 Å². The van der Waals surface area contributed by atoms with Crippen LogP contribution in [-0.4, -0.2) is 37.3 Å². The van der Waals surface area contributed by atoms with Gasteiger partial charge in [-0.25, -0.2) is 18.1 Å². The number of hydrogen-bond acceptors (Lipinski definition) is 5. The summed E-state index contributed by atoms with van der Waals surface area (Å²) in [5.74, 6) is 0.324. The normalized spacial score (nSPS) is 14.8. The van der Waals surface area contributed by atoms with Gasteiger partial charge in [-0.3, -0.25) is 4.79 Å². The van der Waals surface area contributed by atoms with Gasteiger partial charge in [-0.05, 0) is 79.3 Å². The van der Waals surface area contributed by atoms with Crippen LogP contribution in [0.1, 0.15) is 53.4 Å². The van der Waals surface area contributed by atoms with Crippen molar-refractivity contribution in [1.29, 1.82) is 0 Å². The predicted molar refractivity (Wildman–Crippen MR) is 143 cm³/mol. The molecule has 1 heterocycles. The molecule has 0 spiro atoms. The molecule has 1 unspecified atom stereocenters. The van der Waals surface area contributed by atoms with Crippen LogP contribution in [0.25, 0.3) is 0 Å². The summed E-state index contributed by atoms with van der Waals surface area (Å²) in [5.41, 5.74) is 4.34. The fourth-order valence-corrected chi connectivity index (χ4v) is 5.71. The first-order valence-electron chi connectivity index (χ1n) is 12.2. The molecule has 1 atom stereocenters. The lowest BCUT2D eigenvalue weighted by molar-refractivity contribution is 0.0783. The van der Waals surface area contributed by atoms with E-state index >= 15 is 0 Å². The molecule has 1 aliphatic carbocycles. The van der Waals surface area contributed by atoms with E-state index in [1.807, 2.05) is 44.2 Å². The Kier molecular flexibility index (Phi) is 7.86. The summed E-state index contributed by atoms with van der Waals surface area (Å²) in [6.45, 7) is 8.70. The van der Waals surface area contributed by atoms with Crippen LogP contribution in [0.15, 0.2) is 78.3 Å². The second kappa shape index (κ2) is 11.1. The number of nitrogens with one attached hydrogen (secondary N) is 2. The summed E-state index contributed by atoms with van der Waals surface area (Å²) in [7, 11) is -3.66. The molecule has 3 aromatic rings. The fourth-order valence-electron chi connectivity index (χ4n) is 4.46. The molecular formula is C28H32N4O3S. The SMILES string of the molecule is C=CCN(CC)C(=O)c1cccnc1Nc1ccc2c(c1)C(NS(=O)(=O)c1ccc(CC)cc1)CC2. The molecule has 0 aliphatic heterocycles. The molecule has 0 fully saturated rings. The van der Waals surface area contributed by atoms with Gasteiger partial charge in [0.25, 0.3) is 5.91 Å². The highest BCUT2D eigenvalue weighted by Crippen LogP contribution is 2.35. The number of aromatic nitrogens is 1. The molecule has 0 saturated carbocycles. The average molecular weight is 505 g/mol. The molecule has 1 amide bonds. The van der Waals surface area contributed by atoms with E-state index in [1.54, 1.807) is 41.4 Å². The number of anilines is 2. The topological polar surface area (TPSA) is 91.4 Å². The lowest BCUT2D eigenvalue weighted by atomic mass is 10.1. The number of likely N-dealkylation sites (N-methyl/N-ethyl adjacent to an activating group) is 1. The van der Waals surface area contributed by atoms with Crippen molar-refractivity contribution in [3.63, 3.8) is 0 Å². The van der Waals surface area contributed by atoms with Gasteiger partial charge in [0.1, 0.15) is 5.82 Å². The maximum absolute atomic E-state index is 13.1. The molecule has 4 rings (SSSR count). The number of sulfonamides is 1. The molecule has 2 aromatic carbocycles. The van der Waals surface area contributed by atoms with E-state index in [0.29, 0.717) is 30.9 Å². The van der Waals surface area contributed by atoms with E-state index in [4.69, 9.17) is 0 Å². The highest BCUT2D eigenvalue weighted by atomic mass is 32.2. The first kappa shape index (κ1) is 25.6. The first-order chi connectivity index (χ1) is 17.4. The number of benzene rings is 2. The predicted octanol–water partition coefficient (Wildman–Crippen LogP) is 5.00. The number of amides is 1. The molecule has 36 heavy (non-hydrogen) atoms. The minimum atomic E-state index is -3.66. The quantitative estimate of drug-likeness (QED) is 0.379. The summed E-state index contributed by atoms with van der Waals surface area (Å²) < 4.78 is 29.0. The van der Waals surface area contributed by atoms with Gasteiger partial charge in [0.05, 0.1) is 10.5 Å². The van der Waals surface area contributed by atoms with E-state index in [1.165, 1.54) is 0 Å². The van der Waals surface area contributed by atoms with E-state index in [-0.39, 0.29) is 16.8 Å². The maximum Gasteiger partial charge on any atom is 0.257 e. The largest absolute Gasteiger partial charge is 0.340 e. The maximum atomic E-state index is 13.1. The van der Waals surface area contributed by atoms with Gasteiger partial charge in [0, 0.05) is 31.0 Å². The van der Waals surface area contributed by atoms with Crippen molar-refractivity contribution in [2.75, 3.05) is 18.4 Å². The molecule has 0 radical (unpaired) electrons. The third-order valence-electron chi connectivity index (χ3n) is 6.48. The Morgan fingerprint density at radius 1 is 1.17 bits per heavy atom.